The molecule has 1 heterocycles. The Hall–Kier alpha value is -5.65. The minimum atomic E-state index is -1.11. The number of fused-ring (bicyclic) bond motifs is 1. The van der Waals surface area contributed by atoms with Crippen LogP contribution in [-0.4, -0.2) is 52.0 Å². The van der Waals surface area contributed by atoms with Gasteiger partial charge in [-0.25, -0.2) is 19.4 Å². The van der Waals surface area contributed by atoms with Gasteiger partial charge < -0.3 is 29.4 Å². The summed E-state index contributed by atoms with van der Waals surface area (Å²) in [5.41, 5.74) is 0.0791. The molecule has 0 spiro atoms. The molecule has 3 aromatic carbocycles. The van der Waals surface area contributed by atoms with Crippen LogP contribution in [-0.2, 0) is 30.4 Å². The molecule has 12 heteroatoms. The van der Waals surface area contributed by atoms with Crippen molar-refractivity contribution >= 4 is 46.4 Å². The highest BCUT2D eigenvalue weighted by Gasteiger charge is 2.34. The molecule has 4 rings (SSSR count). The van der Waals surface area contributed by atoms with Crippen molar-refractivity contribution < 1.29 is 43.2 Å². The number of carbonyl (C=O) groups is 4. The van der Waals surface area contributed by atoms with Crippen LogP contribution in [0.1, 0.15) is 71.6 Å². The van der Waals surface area contributed by atoms with Gasteiger partial charge in [-0.2, -0.15) is 4.90 Å². The topological polar surface area (TPSA) is 154 Å². The van der Waals surface area contributed by atoms with Crippen LogP contribution < -0.4 is 15.0 Å². The second-order valence-electron chi connectivity index (χ2n) is 13.4. The minimum Gasteiger partial charge on any atom is -0.494 e. The summed E-state index contributed by atoms with van der Waals surface area (Å²) < 4.78 is 22.0. The molecule has 0 aliphatic carbocycles. The Morgan fingerprint density at radius 3 is 2.08 bits per heavy atom. The first-order chi connectivity index (χ1) is 23.6. The van der Waals surface area contributed by atoms with E-state index in [1.165, 1.54) is 6.20 Å². The van der Waals surface area contributed by atoms with Crippen LogP contribution in [0.15, 0.2) is 85.1 Å². The number of carboxylic acids is 1. The molecule has 1 aromatic heterocycles. The summed E-state index contributed by atoms with van der Waals surface area (Å²) in [6, 6.07) is 21.6. The molecule has 0 saturated carbocycles. The largest absolute Gasteiger partial charge is 0.494 e. The van der Waals surface area contributed by atoms with Crippen LogP contribution >= 0.6 is 0 Å². The molecular formula is C38H43N3O9. The number of amides is 2. The normalized spacial score (nSPS) is 12.0. The summed E-state index contributed by atoms with van der Waals surface area (Å²) in [7, 11) is 0. The maximum atomic E-state index is 13.2. The van der Waals surface area contributed by atoms with E-state index < -0.39 is 35.4 Å². The number of carboxylic acid groups (broad SMARTS) is 1. The van der Waals surface area contributed by atoms with Crippen molar-refractivity contribution in [3.8, 4) is 5.75 Å². The monoisotopic (exact) mass is 685 g/mol. The van der Waals surface area contributed by atoms with Crippen molar-refractivity contribution in [1.29, 1.82) is 0 Å². The predicted octanol–water partition coefficient (Wildman–Crippen LogP) is 8.05. The van der Waals surface area contributed by atoms with Crippen LogP contribution in [0, 0.1) is 0 Å². The summed E-state index contributed by atoms with van der Waals surface area (Å²) in [4.78, 5) is 55.9. The number of hydrogen-bond donors (Lipinski definition) is 2. The van der Waals surface area contributed by atoms with E-state index in [4.69, 9.17) is 18.9 Å². The van der Waals surface area contributed by atoms with Gasteiger partial charge in [-0.05, 0) is 101 Å². The number of benzene rings is 3. The zero-order valence-corrected chi connectivity index (χ0v) is 29.1. The molecule has 2 amide bonds. The Bertz CT molecular complexity index is 1770. The molecule has 2 N–H and O–H groups in total. The SMILES string of the molecule is CC(C)(C)OC(=O)N(C(=O)OC(C)(C)C)c1nccc2cc(NC(C(=O)O)c3ccc(OCCCC(=O)OCc4ccccc4)cc3)ccc12. The number of nitrogens with zero attached hydrogens (tertiary/aromatic N) is 2. The molecule has 1 unspecified atom stereocenters. The summed E-state index contributed by atoms with van der Waals surface area (Å²) >= 11 is 0. The van der Waals surface area contributed by atoms with E-state index in [0.717, 1.165) is 10.5 Å². The van der Waals surface area contributed by atoms with E-state index >= 15 is 0 Å². The average Bonchev–Trinajstić information content (AvgIpc) is 3.04. The lowest BCUT2D eigenvalue weighted by molar-refractivity contribution is -0.145. The molecule has 264 valence electrons. The van der Waals surface area contributed by atoms with Crippen LogP contribution in [0.2, 0.25) is 0 Å². The van der Waals surface area contributed by atoms with Gasteiger partial charge in [0.15, 0.2) is 11.9 Å². The molecule has 0 saturated heterocycles. The van der Waals surface area contributed by atoms with Gasteiger partial charge in [-0.15, -0.1) is 0 Å². The number of aliphatic carboxylic acids is 1. The second kappa shape index (κ2) is 16.2. The van der Waals surface area contributed by atoms with Gasteiger partial charge in [0.2, 0.25) is 0 Å². The molecule has 0 radical (unpaired) electrons. The third kappa shape index (κ3) is 10.9. The van der Waals surface area contributed by atoms with Crippen LogP contribution in [0.4, 0.5) is 21.1 Å². The number of pyridine rings is 1. The van der Waals surface area contributed by atoms with Gasteiger partial charge in [0.05, 0.1) is 6.61 Å². The number of rotatable bonds is 12. The van der Waals surface area contributed by atoms with E-state index in [9.17, 15) is 24.3 Å². The minimum absolute atomic E-state index is 0.00648. The Morgan fingerprint density at radius 2 is 1.48 bits per heavy atom. The third-order valence-electron chi connectivity index (χ3n) is 6.92. The number of imide groups is 1. The Kier molecular flexibility index (Phi) is 12.0. The number of hydrogen-bond acceptors (Lipinski definition) is 10. The Balaban J connectivity index is 1.43. The Labute approximate surface area is 291 Å². The summed E-state index contributed by atoms with van der Waals surface area (Å²) in [6.45, 7) is 10.6. The van der Waals surface area contributed by atoms with E-state index in [1.54, 1.807) is 90.1 Å². The average molecular weight is 686 g/mol. The molecular weight excluding hydrogens is 642 g/mol. The highest BCUT2D eigenvalue weighted by atomic mass is 16.6. The number of nitrogens with one attached hydrogen (secondary N) is 1. The lowest BCUT2D eigenvalue weighted by Gasteiger charge is -2.28. The standard InChI is InChI=1S/C38H43N3O9/c1-37(2,3)49-35(45)41(36(46)50-38(4,5)6)33-30-19-16-28(23-27(30)20-21-39-33)40-32(34(43)44)26-14-17-29(18-15-26)47-22-10-13-31(42)48-24-25-11-8-7-9-12-25/h7-9,11-12,14-21,23,32,40H,10,13,22,24H2,1-6H3,(H,43,44). The van der Waals surface area contributed by atoms with Crippen molar-refractivity contribution in [2.75, 3.05) is 16.8 Å². The molecule has 0 bridgehead atoms. The number of ether oxygens (including phenoxy) is 4. The summed E-state index contributed by atoms with van der Waals surface area (Å²) in [6.07, 6.45) is 0.201. The van der Waals surface area contributed by atoms with E-state index in [2.05, 4.69) is 10.3 Å². The zero-order valence-electron chi connectivity index (χ0n) is 29.1. The van der Waals surface area contributed by atoms with Gasteiger partial charge in [-0.1, -0.05) is 42.5 Å². The summed E-state index contributed by atoms with van der Waals surface area (Å²) in [5, 5.41) is 14.1. The highest BCUT2D eigenvalue weighted by molar-refractivity contribution is 6.14. The molecule has 12 nitrogen and oxygen atoms in total. The molecule has 1 atom stereocenters. The zero-order chi connectivity index (χ0) is 36.5. The van der Waals surface area contributed by atoms with Crippen LogP contribution in [0.3, 0.4) is 0 Å². The number of anilines is 2. The van der Waals surface area contributed by atoms with Crippen molar-refractivity contribution in [3.05, 3.63) is 96.2 Å². The number of esters is 1. The van der Waals surface area contributed by atoms with E-state index in [-0.39, 0.29) is 31.4 Å². The molecule has 0 fully saturated rings. The number of carbonyl (C=O) groups excluding carboxylic acids is 3. The van der Waals surface area contributed by atoms with Crippen molar-refractivity contribution in [1.82, 2.24) is 4.98 Å². The fourth-order valence-electron chi connectivity index (χ4n) is 4.72. The number of aromatic nitrogens is 1. The smallest absolute Gasteiger partial charge is 0.425 e. The van der Waals surface area contributed by atoms with Crippen LogP contribution in [0.25, 0.3) is 10.8 Å². The molecule has 4 aromatic rings. The van der Waals surface area contributed by atoms with Gasteiger partial charge in [-0.3, -0.25) is 4.79 Å². The van der Waals surface area contributed by atoms with E-state index in [1.807, 2.05) is 30.3 Å². The van der Waals surface area contributed by atoms with Crippen molar-refractivity contribution in [3.63, 3.8) is 0 Å². The van der Waals surface area contributed by atoms with Crippen molar-refractivity contribution in [2.24, 2.45) is 0 Å². The first-order valence-corrected chi connectivity index (χ1v) is 16.2. The third-order valence-corrected chi connectivity index (χ3v) is 6.92. The first-order valence-electron chi connectivity index (χ1n) is 16.2. The first kappa shape index (κ1) is 37.2. The highest BCUT2D eigenvalue weighted by Crippen LogP contribution is 2.31. The van der Waals surface area contributed by atoms with Gasteiger partial charge >= 0.3 is 24.1 Å². The van der Waals surface area contributed by atoms with Crippen molar-refractivity contribution in [2.45, 2.75) is 78.2 Å². The quantitative estimate of drug-likeness (QED) is 0.0846. The van der Waals surface area contributed by atoms with Gasteiger partial charge in [0.25, 0.3) is 0 Å². The summed E-state index contributed by atoms with van der Waals surface area (Å²) in [5.74, 6) is -0.884. The second-order valence-corrected chi connectivity index (χ2v) is 13.4. The van der Waals surface area contributed by atoms with E-state index in [0.29, 0.717) is 34.2 Å². The molecule has 50 heavy (non-hydrogen) atoms. The van der Waals surface area contributed by atoms with Gasteiger partial charge in [0.1, 0.15) is 23.6 Å². The lowest BCUT2D eigenvalue weighted by atomic mass is 10.1. The fourth-order valence-corrected chi connectivity index (χ4v) is 4.72. The predicted molar refractivity (Wildman–Crippen MR) is 188 cm³/mol. The maximum absolute atomic E-state index is 13.2. The Morgan fingerprint density at radius 1 is 0.840 bits per heavy atom. The van der Waals surface area contributed by atoms with Gasteiger partial charge in [0, 0.05) is 23.7 Å². The lowest BCUT2D eigenvalue weighted by Crippen LogP contribution is -2.44. The molecule has 0 aliphatic rings. The maximum Gasteiger partial charge on any atom is 0.425 e. The van der Waals surface area contributed by atoms with Crippen LogP contribution in [0.5, 0.6) is 5.75 Å². The molecule has 0 aliphatic heterocycles. The fraction of sp³-hybridized carbons (Fsp3) is 0.342.